The molecule has 1 aliphatic heterocycles. The van der Waals surface area contributed by atoms with E-state index in [0.29, 0.717) is 29.7 Å². The summed E-state index contributed by atoms with van der Waals surface area (Å²) in [7, 11) is 0. The van der Waals surface area contributed by atoms with Crippen molar-refractivity contribution in [1.82, 2.24) is 9.78 Å². The van der Waals surface area contributed by atoms with Gasteiger partial charge in [-0.3, -0.25) is 19.1 Å². The molecule has 3 rings (SSSR count). The van der Waals surface area contributed by atoms with Gasteiger partial charge in [0.1, 0.15) is 5.56 Å². The molecule has 0 aliphatic carbocycles. The lowest BCUT2D eigenvalue weighted by Gasteiger charge is -2.20. The van der Waals surface area contributed by atoms with Crippen LogP contribution in [0.25, 0.3) is 0 Å². The summed E-state index contributed by atoms with van der Waals surface area (Å²) in [6.07, 6.45) is 1.93. The van der Waals surface area contributed by atoms with Crippen LogP contribution in [0.15, 0.2) is 22.0 Å². The standard InChI is InChI=1S/C17H18N2O3S/c1-4-19-17(22)12(8-18-19)15(21)11-7-9(2)16-14(10(11)3)13(20)5-6-23-16/h7-8,18H,4-6H2,1-3H3. The molecule has 1 aromatic carbocycles. The summed E-state index contributed by atoms with van der Waals surface area (Å²) in [6.45, 7) is 6.00. The van der Waals surface area contributed by atoms with E-state index in [9.17, 15) is 14.4 Å². The number of hydrogen-bond donors (Lipinski definition) is 1. The number of aromatic amines is 1. The van der Waals surface area contributed by atoms with Gasteiger partial charge in [-0.15, -0.1) is 11.8 Å². The predicted molar refractivity (Wildman–Crippen MR) is 89.7 cm³/mol. The maximum Gasteiger partial charge on any atom is 0.277 e. The Morgan fingerprint density at radius 2 is 2.04 bits per heavy atom. The number of thioether (sulfide) groups is 1. The molecule has 0 saturated carbocycles. The maximum absolute atomic E-state index is 12.8. The van der Waals surface area contributed by atoms with Gasteiger partial charge in [-0.1, -0.05) is 0 Å². The van der Waals surface area contributed by atoms with E-state index in [2.05, 4.69) is 5.10 Å². The first-order chi connectivity index (χ1) is 11.0. The number of ketones is 2. The topological polar surface area (TPSA) is 71.9 Å². The molecule has 0 spiro atoms. The first kappa shape index (κ1) is 15.8. The number of carbonyl (C=O) groups is 2. The Kier molecular flexibility index (Phi) is 4.02. The third-order valence-electron chi connectivity index (χ3n) is 4.23. The summed E-state index contributed by atoms with van der Waals surface area (Å²) < 4.78 is 1.38. The molecule has 1 aliphatic rings. The Hall–Kier alpha value is -2.08. The van der Waals surface area contributed by atoms with Crippen LogP contribution in [0.2, 0.25) is 0 Å². The van der Waals surface area contributed by atoms with Gasteiger partial charge in [0.25, 0.3) is 5.56 Å². The van der Waals surface area contributed by atoms with Crippen molar-refractivity contribution in [2.45, 2.75) is 38.6 Å². The van der Waals surface area contributed by atoms with E-state index in [1.54, 1.807) is 24.8 Å². The molecule has 1 aromatic heterocycles. The lowest BCUT2D eigenvalue weighted by Crippen LogP contribution is -2.22. The minimum atomic E-state index is -0.328. The molecule has 0 atom stereocenters. The highest BCUT2D eigenvalue weighted by molar-refractivity contribution is 7.99. The molecule has 0 radical (unpaired) electrons. The van der Waals surface area contributed by atoms with Crippen molar-refractivity contribution in [1.29, 1.82) is 0 Å². The fourth-order valence-electron chi connectivity index (χ4n) is 2.97. The number of rotatable bonds is 3. The van der Waals surface area contributed by atoms with Crippen LogP contribution in [0, 0.1) is 13.8 Å². The van der Waals surface area contributed by atoms with Crippen LogP contribution in [-0.4, -0.2) is 27.1 Å². The molecule has 0 amide bonds. The number of H-pyrrole nitrogens is 1. The van der Waals surface area contributed by atoms with Crippen molar-refractivity contribution in [3.05, 3.63) is 50.4 Å². The van der Waals surface area contributed by atoms with Crippen molar-refractivity contribution in [2.24, 2.45) is 0 Å². The van der Waals surface area contributed by atoms with Crippen molar-refractivity contribution in [3.63, 3.8) is 0 Å². The van der Waals surface area contributed by atoms with Gasteiger partial charge in [0.15, 0.2) is 11.6 Å². The Labute approximate surface area is 138 Å². The summed E-state index contributed by atoms with van der Waals surface area (Å²) in [5.41, 5.74) is 2.47. The van der Waals surface area contributed by atoms with E-state index >= 15 is 0 Å². The number of Topliss-reactive ketones (excluding diaryl/α,β-unsaturated/α-hetero) is 1. The van der Waals surface area contributed by atoms with E-state index in [1.807, 2.05) is 13.8 Å². The number of nitrogens with zero attached hydrogens (tertiary/aromatic N) is 1. The SMILES string of the molecule is CCn1[nH]cc(C(=O)c2cc(C)c3c(c2C)C(=O)CCS3)c1=O. The van der Waals surface area contributed by atoms with Crippen LogP contribution >= 0.6 is 11.8 Å². The van der Waals surface area contributed by atoms with E-state index in [1.165, 1.54) is 10.9 Å². The minimum Gasteiger partial charge on any atom is -0.302 e. The van der Waals surface area contributed by atoms with E-state index in [4.69, 9.17) is 0 Å². The molecule has 0 saturated heterocycles. The molecule has 23 heavy (non-hydrogen) atoms. The van der Waals surface area contributed by atoms with Gasteiger partial charge in [-0.25, -0.2) is 0 Å². The Morgan fingerprint density at radius 3 is 2.70 bits per heavy atom. The van der Waals surface area contributed by atoms with Crippen molar-refractivity contribution < 1.29 is 9.59 Å². The zero-order chi connectivity index (χ0) is 16.7. The largest absolute Gasteiger partial charge is 0.302 e. The second-order valence-corrected chi connectivity index (χ2v) is 6.76. The minimum absolute atomic E-state index is 0.0778. The van der Waals surface area contributed by atoms with Crippen molar-refractivity contribution in [3.8, 4) is 0 Å². The second-order valence-electron chi connectivity index (χ2n) is 5.66. The maximum atomic E-state index is 12.8. The number of carbonyl (C=O) groups excluding carboxylic acids is 2. The molecule has 120 valence electrons. The molecular weight excluding hydrogens is 312 g/mol. The number of fused-ring (bicyclic) bond motifs is 1. The number of aromatic nitrogens is 2. The van der Waals surface area contributed by atoms with E-state index < -0.39 is 0 Å². The second kappa shape index (κ2) is 5.85. The van der Waals surface area contributed by atoms with Gasteiger partial charge in [0.05, 0.1) is 0 Å². The zero-order valence-electron chi connectivity index (χ0n) is 13.4. The highest BCUT2D eigenvalue weighted by Crippen LogP contribution is 2.36. The summed E-state index contributed by atoms with van der Waals surface area (Å²) >= 11 is 1.66. The lowest BCUT2D eigenvalue weighted by molar-refractivity contribution is 0.0984. The highest BCUT2D eigenvalue weighted by Gasteiger charge is 2.27. The van der Waals surface area contributed by atoms with Gasteiger partial charge < -0.3 is 5.10 Å². The van der Waals surface area contributed by atoms with Gasteiger partial charge >= 0.3 is 0 Å². The molecule has 2 aromatic rings. The Balaban J connectivity index is 2.17. The zero-order valence-corrected chi connectivity index (χ0v) is 14.2. The van der Waals surface area contributed by atoms with Crippen molar-refractivity contribution in [2.75, 3.05) is 5.75 Å². The first-order valence-electron chi connectivity index (χ1n) is 7.58. The van der Waals surface area contributed by atoms with E-state index in [-0.39, 0.29) is 22.7 Å². The fraction of sp³-hybridized carbons (Fsp3) is 0.353. The molecule has 6 heteroatoms. The van der Waals surface area contributed by atoms with Crippen LogP contribution in [0.3, 0.4) is 0 Å². The number of nitrogens with one attached hydrogen (secondary N) is 1. The van der Waals surface area contributed by atoms with Gasteiger partial charge in [0, 0.05) is 40.9 Å². The summed E-state index contributed by atoms with van der Waals surface area (Å²) in [5, 5.41) is 2.79. The number of hydrogen-bond acceptors (Lipinski definition) is 4. The van der Waals surface area contributed by atoms with Gasteiger partial charge in [0.2, 0.25) is 0 Å². The van der Waals surface area contributed by atoms with Gasteiger partial charge in [-0.05, 0) is 38.0 Å². The monoisotopic (exact) mass is 330 g/mol. The third-order valence-corrected chi connectivity index (χ3v) is 5.45. The molecule has 2 heterocycles. The quantitative estimate of drug-likeness (QED) is 0.878. The summed E-state index contributed by atoms with van der Waals surface area (Å²) in [4.78, 5) is 38.3. The Bertz CT molecular complexity index is 877. The smallest absolute Gasteiger partial charge is 0.277 e. The normalized spacial score (nSPS) is 14.0. The lowest BCUT2D eigenvalue weighted by atomic mass is 9.91. The molecule has 1 N–H and O–H groups in total. The van der Waals surface area contributed by atoms with Crippen molar-refractivity contribution >= 4 is 23.3 Å². The number of aryl methyl sites for hydroxylation is 2. The van der Waals surface area contributed by atoms with Gasteiger partial charge in [-0.2, -0.15) is 0 Å². The van der Waals surface area contributed by atoms with Crippen LogP contribution < -0.4 is 5.56 Å². The Morgan fingerprint density at radius 1 is 1.30 bits per heavy atom. The third kappa shape index (κ3) is 2.47. The average molecular weight is 330 g/mol. The highest BCUT2D eigenvalue weighted by atomic mass is 32.2. The van der Waals surface area contributed by atoms with Crippen LogP contribution in [0.4, 0.5) is 0 Å². The van der Waals surface area contributed by atoms with E-state index in [0.717, 1.165) is 16.2 Å². The van der Waals surface area contributed by atoms with Crippen LogP contribution in [0.5, 0.6) is 0 Å². The summed E-state index contributed by atoms with van der Waals surface area (Å²) in [6, 6.07) is 1.80. The summed E-state index contributed by atoms with van der Waals surface area (Å²) in [5.74, 6) is 0.526. The molecule has 0 bridgehead atoms. The van der Waals surface area contributed by atoms with Crippen LogP contribution in [0.1, 0.15) is 50.8 Å². The predicted octanol–water partition coefficient (Wildman–Crippen LogP) is 2.72. The first-order valence-corrected chi connectivity index (χ1v) is 8.57. The fourth-order valence-corrected chi connectivity index (χ4v) is 4.16. The molecule has 5 nitrogen and oxygen atoms in total. The molecule has 0 fully saturated rings. The average Bonchev–Trinajstić information content (AvgIpc) is 2.90. The number of benzene rings is 1. The molecule has 0 unspecified atom stereocenters. The molecular formula is C17H18N2O3S. The van der Waals surface area contributed by atoms with Crippen LogP contribution in [-0.2, 0) is 6.54 Å².